The number of hydrogen-bond acceptors (Lipinski definition) is 7. The molecule has 5 fully saturated rings. The fourth-order valence-corrected chi connectivity index (χ4v) is 6.53. The Balaban J connectivity index is 1.49. The van der Waals surface area contributed by atoms with E-state index in [9.17, 15) is 20.4 Å². The summed E-state index contributed by atoms with van der Waals surface area (Å²) in [6.45, 7) is -0.591. The smallest absolute Gasteiger partial charge is 0.229 e. The predicted octanol–water partition coefficient (Wildman–Crippen LogP) is 2.33. The summed E-state index contributed by atoms with van der Waals surface area (Å²) in [5.41, 5.74) is 1.54. The van der Waals surface area contributed by atoms with Crippen molar-refractivity contribution in [1.29, 1.82) is 0 Å². The molecule has 5 aliphatic rings. The van der Waals surface area contributed by atoms with Crippen LogP contribution in [0.2, 0.25) is 5.02 Å². The number of aliphatic hydroxyl groups is 4. The van der Waals surface area contributed by atoms with Gasteiger partial charge in [-0.1, -0.05) is 11.6 Å². The number of rotatable bonds is 5. The molecule has 1 aliphatic heterocycles. The number of ether oxygens (including phenoxy) is 3. The molecule has 4 saturated carbocycles. The average molecular weight is 470 g/mol. The van der Waals surface area contributed by atoms with Gasteiger partial charge in [0.15, 0.2) is 0 Å². The van der Waals surface area contributed by atoms with E-state index in [1.54, 1.807) is 18.2 Å². The largest absolute Gasteiger partial charge is 0.496 e. The molecule has 2 unspecified atom stereocenters. The number of hydrogen-bond donors (Lipinski definition) is 4. The molecule has 32 heavy (non-hydrogen) atoms. The molecule has 0 radical (unpaired) electrons. The van der Waals surface area contributed by atoms with E-state index in [0.29, 0.717) is 23.2 Å². The Kier molecular flexibility index (Phi) is 5.22. The van der Waals surface area contributed by atoms with Gasteiger partial charge in [0.1, 0.15) is 35.9 Å². The van der Waals surface area contributed by atoms with Gasteiger partial charge in [-0.3, -0.25) is 0 Å². The molecule has 5 atom stereocenters. The highest BCUT2D eigenvalue weighted by molar-refractivity contribution is 6.32. The van der Waals surface area contributed by atoms with Gasteiger partial charge in [0.2, 0.25) is 6.29 Å². The predicted molar refractivity (Wildman–Crippen MR) is 117 cm³/mol. The molecule has 1 saturated heterocycles. The van der Waals surface area contributed by atoms with Gasteiger partial charge in [-0.25, -0.2) is 0 Å². The van der Waals surface area contributed by atoms with Crippen molar-refractivity contribution in [3.05, 3.63) is 34.4 Å². The van der Waals surface area contributed by atoms with E-state index in [1.807, 2.05) is 0 Å². The average Bonchev–Trinajstić information content (AvgIpc) is 2.78. The number of aliphatic hydroxyl groups excluding tert-OH is 4. The van der Waals surface area contributed by atoms with Crippen molar-refractivity contribution >= 4 is 17.4 Å². The molecule has 0 spiro atoms. The van der Waals surface area contributed by atoms with Gasteiger partial charge in [-0.2, -0.15) is 0 Å². The Bertz CT molecular complexity index is 952. The van der Waals surface area contributed by atoms with Crippen LogP contribution in [0.5, 0.6) is 5.75 Å². The third-order valence-electron chi connectivity index (χ3n) is 7.67. The second-order valence-electron chi connectivity index (χ2n) is 9.65. The van der Waals surface area contributed by atoms with Crippen LogP contribution in [0.15, 0.2) is 23.8 Å². The number of allylic oxidation sites excluding steroid dienone is 1. The van der Waals surface area contributed by atoms with E-state index >= 15 is 0 Å². The van der Waals surface area contributed by atoms with Crippen molar-refractivity contribution in [3.63, 3.8) is 0 Å². The fraction of sp³-hybridized carbons (Fsp3) is 0.667. The summed E-state index contributed by atoms with van der Waals surface area (Å²) in [4.78, 5) is 0. The summed E-state index contributed by atoms with van der Waals surface area (Å²) in [6, 6.07) is 4.78. The Labute approximate surface area is 196 Å². The molecule has 0 amide bonds. The highest BCUT2D eigenvalue weighted by atomic mass is 35.5. The van der Waals surface area contributed by atoms with E-state index in [4.69, 9.17) is 29.9 Å². The lowest BCUT2D eigenvalue weighted by Crippen LogP contribution is -2.60. The van der Waals surface area contributed by atoms with E-state index in [-0.39, 0.29) is 22.6 Å². The molecule has 8 heteroatoms. The Morgan fingerprint density at radius 2 is 1.75 bits per heavy atom. The van der Waals surface area contributed by atoms with Crippen LogP contribution < -0.4 is 4.74 Å². The zero-order chi connectivity index (χ0) is 25.1. The minimum Gasteiger partial charge on any atom is -0.496 e. The summed E-state index contributed by atoms with van der Waals surface area (Å²) in [6.07, 6.45) is -1.85. The molecule has 1 heterocycles. The third kappa shape index (κ3) is 3.83. The van der Waals surface area contributed by atoms with E-state index in [0.717, 1.165) is 31.3 Å². The Morgan fingerprint density at radius 3 is 2.38 bits per heavy atom. The van der Waals surface area contributed by atoms with Gasteiger partial charge in [-0.15, -0.1) is 0 Å². The first-order valence-electron chi connectivity index (χ1n) is 12.7. The lowest BCUT2D eigenvalue weighted by molar-refractivity contribution is -0.277. The first kappa shape index (κ1) is 19.0. The third-order valence-corrected chi connectivity index (χ3v) is 7.98. The molecule has 4 N–H and O–H groups in total. The van der Waals surface area contributed by atoms with Crippen LogP contribution in [0.4, 0.5) is 0 Å². The monoisotopic (exact) mass is 469 g/mol. The zero-order valence-corrected chi connectivity index (χ0v) is 18.3. The lowest BCUT2D eigenvalue weighted by Gasteiger charge is -2.51. The minimum absolute atomic E-state index is 0.0876. The first-order chi connectivity index (χ1) is 16.5. The molecule has 7 nitrogen and oxygen atoms in total. The van der Waals surface area contributed by atoms with Gasteiger partial charge in [0.25, 0.3) is 0 Å². The summed E-state index contributed by atoms with van der Waals surface area (Å²) in [7, 11) is -2.64. The second kappa shape index (κ2) is 8.78. The van der Waals surface area contributed by atoms with Crippen LogP contribution >= 0.6 is 11.6 Å². The minimum atomic E-state index is -2.64. The summed E-state index contributed by atoms with van der Waals surface area (Å²) < 4.78 is 40.2. The number of benzene rings is 1. The van der Waals surface area contributed by atoms with Crippen LogP contribution in [-0.2, 0) is 9.47 Å². The molecule has 1 aromatic rings. The van der Waals surface area contributed by atoms with Crippen molar-refractivity contribution in [2.24, 2.45) is 23.7 Å². The lowest BCUT2D eigenvalue weighted by atomic mass is 9.54. The van der Waals surface area contributed by atoms with Crippen molar-refractivity contribution in [2.75, 3.05) is 13.6 Å². The maximum Gasteiger partial charge on any atom is 0.229 e. The Hall–Kier alpha value is -1.35. The quantitative estimate of drug-likeness (QED) is 0.490. The topological polar surface area (TPSA) is 109 Å². The number of methoxy groups -OCH3 is 1. The van der Waals surface area contributed by atoms with E-state index in [1.165, 1.54) is 6.42 Å². The van der Waals surface area contributed by atoms with Gasteiger partial charge in [0.05, 0.1) is 22.8 Å². The van der Waals surface area contributed by atoms with Crippen molar-refractivity contribution in [3.8, 4) is 5.75 Å². The standard InChI is InChI=1S/C24H31ClO7/c1-30-23(19-14-5-11-4-12(7-14)8-15(19)6-11)13-2-3-16(25)17(9-13)31-24-22(29)21(28)20(27)18(10-26)32-24/h2-3,9,11-12,14-15,18,20-22,24,26-29H,4-8,10H2,1H3/t11?,12?,14?,15?,18?,20-,21?,22+,24-/m1/s1/i1D3. The van der Waals surface area contributed by atoms with E-state index in [2.05, 4.69) is 0 Å². The summed E-state index contributed by atoms with van der Waals surface area (Å²) in [5, 5.41) is 40.1. The van der Waals surface area contributed by atoms with Crippen LogP contribution in [0.3, 0.4) is 0 Å². The van der Waals surface area contributed by atoms with Crippen LogP contribution in [0, 0.1) is 23.7 Å². The van der Waals surface area contributed by atoms with Crippen molar-refractivity contribution in [1.82, 2.24) is 0 Å². The molecule has 4 bridgehead atoms. The molecule has 6 rings (SSSR count). The summed E-state index contributed by atoms with van der Waals surface area (Å²) in [5.74, 6) is 2.36. The molecule has 0 aromatic heterocycles. The molecule has 1 aromatic carbocycles. The normalized spacial score (nSPS) is 42.2. The number of halogens is 1. The molecular formula is C24H31ClO7. The van der Waals surface area contributed by atoms with Gasteiger partial charge >= 0.3 is 0 Å². The fourth-order valence-electron chi connectivity index (χ4n) is 6.37. The van der Waals surface area contributed by atoms with Gasteiger partial charge in [-0.05, 0) is 79.5 Å². The highest BCUT2D eigenvalue weighted by Gasteiger charge is 2.47. The first-order valence-corrected chi connectivity index (χ1v) is 11.6. The molecule has 176 valence electrons. The zero-order valence-electron chi connectivity index (χ0n) is 20.6. The molecule has 4 aliphatic carbocycles. The van der Waals surface area contributed by atoms with Gasteiger partial charge < -0.3 is 34.6 Å². The SMILES string of the molecule is [2H]C([2H])([2H])OC(=C1C2CC3CC(C2)CC1C3)c1ccc(Cl)c(O[C@@H]2OC(CO)[C@@H](O)C(O)[C@@H]2O)c1. The van der Waals surface area contributed by atoms with Crippen LogP contribution in [0.1, 0.15) is 41.8 Å². The highest BCUT2D eigenvalue weighted by Crippen LogP contribution is 2.58. The molecular weight excluding hydrogens is 436 g/mol. The van der Waals surface area contributed by atoms with Crippen LogP contribution in [0.25, 0.3) is 5.76 Å². The summed E-state index contributed by atoms with van der Waals surface area (Å²) >= 11 is 6.35. The van der Waals surface area contributed by atoms with E-state index < -0.39 is 44.4 Å². The maximum absolute atomic E-state index is 10.4. The second-order valence-corrected chi connectivity index (χ2v) is 10.1. The maximum atomic E-state index is 10.4. The van der Waals surface area contributed by atoms with Crippen LogP contribution in [-0.4, -0.2) is 64.8 Å². The van der Waals surface area contributed by atoms with Crippen molar-refractivity contribution in [2.45, 2.75) is 62.8 Å². The van der Waals surface area contributed by atoms with Crippen molar-refractivity contribution < 1.29 is 38.7 Å². The van der Waals surface area contributed by atoms with Gasteiger partial charge in [0, 0.05) is 5.56 Å². The Morgan fingerprint density at radius 1 is 1.06 bits per heavy atom.